The zero-order valence-electron chi connectivity index (χ0n) is 19.2. The van der Waals surface area contributed by atoms with Crippen molar-refractivity contribution >= 4 is 50.8 Å². The predicted octanol–water partition coefficient (Wildman–Crippen LogP) is 7.12. The Labute approximate surface area is 185 Å². The van der Waals surface area contributed by atoms with Gasteiger partial charge in [0, 0.05) is 0 Å². The highest BCUT2D eigenvalue weighted by molar-refractivity contribution is 6.89. The minimum atomic E-state index is -1.29. The first-order chi connectivity index (χ1) is 14.1. The van der Waals surface area contributed by atoms with Crippen LogP contribution in [0.15, 0.2) is 72.8 Å². The lowest BCUT2D eigenvalue weighted by atomic mass is 10.0. The summed E-state index contributed by atoms with van der Waals surface area (Å²) in [5, 5.41) is 3.00. The van der Waals surface area contributed by atoms with Crippen molar-refractivity contribution in [2.75, 3.05) is 0 Å². The molecule has 3 rings (SSSR count). The smallest absolute Gasteiger partial charge is 0.0656 e. The van der Waals surface area contributed by atoms with Crippen LogP contribution in [0.25, 0.3) is 24.3 Å². The molecule has 0 aromatic heterocycles. The molecule has 3 aromatic carbocycles. The zero-order chi connectivity index (χ0) is 21.8. The van der Waals surface area contributed by atoms with Gasteiger partial charge in [-0.3, -0.25) is 0 Å². The zero-order valence-corrected chi connectivity index (χ0v) is 21.2. The van der Waals surface area contributed by atoms with Gasteiger partial charge in [0.2, 0.25) is 0 Å². The molecule has 0 saturated heterocycles. The van der Waals surface area contributed by atoms with Crippen molar-refractivity contribution in [3.05, 3.63) is 95.1 Å². The summed E-state index contributed by atoms with van der Waals surface area (Å²) in [6, 6.07) is 26.6. The van der Waals surface area contributed by atoms with Crippen molar-refractivity contribution in [1.82, 2.24) is 0 Å². The van der Waals surface area contributed by atoms with Gasteiger partial charge < -0.3 is 0 Å². The van der Waals surface area contributed by atoms with E-state index < -0.39 is 16.1 Å². The van der Waals surface area contributed by atoms with Gasteiger partial charge in [-0.1, -0.05) is 147 Å². The Morgan fingerprint density at radius 2 is 0.867 bits per heavy atom. The van der Waals surface area contributed by atoms with Crippen LogP contribution in [0.1, 0.15) is 22.3 Å². The lowest BCUT2D eigenvalue weighted by Gasteiger charge is -2.16. The van der Waals surface area contributed by atoms with E-state index in [2.05, 4.69) is 136 Å². The molecule has 0 amide bonds. The van der Waals surface area contributed by atoms with Crippen LogP contribution in [0, 0.1) is 0 Å². The summed E-state index contributed by atoms with van der Waals surface area (Å²) in [7, 11) is -2.59. The van der Waals surface area contributed by atoms with Crippen LogP contribution in [-0.4, -0.2) is 16.1 Å². The Morgan fingerprint density at radius 3 is 1.23 bits per heavy atom. The Balaban J connectivity index is 1.85. The Hall–Kier alpha value is -2.43. The Morgan fingerprint density at radius 1 is 0.467 bits per heavy atom. The van der Waals surface area contributed by atoms with Gasteiger partial charge in [-0.2, -0.15) is 0 Å². The predicted molar refractivity (Wildman–Crippen MR) is 143 cm³/mol. The average molecular weight is 427 g/mol. The molecule has 0 fully saturated rings. The van der Waals surface area contributed by atoms with E-state index in [1.807, 2.05) is 0 Å². The SMILES string of the molecule is C[Si](C)(C)c1cccc(/C=C\c2ccccc2/C=C\c2cccc([Si](C)(C)C)c2)c1. The molecule has 2 heteroatoms. The molecule has 30 heavy (non-hydrogen) atoms. The number of benzene rings is 3. The summed E-state index contributed by atoms with van der Waals surface area (Å²) in [4.78, 5) is 0. The lowest BCUT2D eigenvalue weighted by molar-refractivity contribution is 1.61. The first-order valence-electron chi connectivity index (χ1n) is 10.8. The largest absolute Gasteiger partial charge is 0.0776 e. The molecule has 154 valence electrons. The Kier molecular flexibility index (Phi) is 6.79. The van der Waals surface area contributed by atoms with Gasteiger partial charge in [0.25, 0.3) is 0 Å². The molecule has 0 aliphatic rings. The van der Waals surface area contributed by atoms with Crippen LogP contribution in [0.3, 0.4) is 0 Å². The second-order valence-corrected chi connectivity index (χ2v) is 20.2. The molecule has 0 N–H and O–H groups in total. The molecule has 0 heterocycles. The third-order valence-corrected chi connectivity index (χ3v) is 9.50. The summed E-state index contributed by atoms with van der Waals surface area (Å²) in [5.41, 5.74) is 5.04. The average Bonchev–Trinajstić information content (AvgIpc) is 2.70. The molecule has 0 unspecified atom stereocenters. The third-order valence-electron chi connectivity index (χ3n) is 5.41. The second kappa shape index (κ2) is 9.15. The van der Waals surface area contributed by atoms with Crippen LogP contribution < -0.4 is 10.4 Å². The highest BCUT2D eigenvalue weighted by atomic mass is 28.3. The van der Waals surface area contributed by atoms with E-state index in [0.29, 0.717) is 0 Å². The first kappa shape index (κ1) is 22.3. The van der Waals surface area contributed by atoms with Crippen molar-refractivity contribution < 1.29 is 0 Å². The molecule has 0 aliphatic heterocycles. The summed E-state index contributed by atoms with van der Waals surface area (Å²) in [5.74, 6) is 0. The van der Waals surface area contributed by atoms with Crippen molar-refractivity contribution in [1.29, 1.82) is 0 Å². The van der Waals surface area contributed by atoms with E-state index in [9.17, 15) is 0 Å². The molecule has 0 aliphatic carbocycles. The standard InChI is InChI=1S/C28H34Si2/c1-29(2,3)27-15-9-11-23(21-27)17-19-25-13-7-8-14-26(25)20-18-24-12-10-16-28(22-24)30(4,5)6/h7-22H,1-6H3/b19-17-,20-18-. The normalized spacial score (nSPS) is 12.7. The molecule has 0 spiro atoms. The van der Waals surface area contributed by atoms with Gasteiger partial charge in [-0.15, -0.1) is 0 Å². The monoisotopic (exact) mass is 426 g/mol. The third kappa shape index (κ3) is 6.04. The van der Waals surface area contributed by atoms with Crippen LogP contribution >= 0.6 is 0 Å². The molecule has 0 radical (unpaired) electrons. The minimum Gasteiger partial charge on any atom is -0.0656 e. The molecule has 0 nitrogen and oxygen atoms in total. The highest BCUT2D eigenvalue weighted by Crippen LogP contribution is 2.17. The van der Waals surface area contributed by atoms with Gasteiger partial charge in [0.1, 0.15) is 0 Å². The molecule has 3 aromatic rings. The summed E-state index contributed by atoms with van der Waals surface area (Å²) in [6.45, 7) is 14.4. The number of hydrogen-bond donors (Lipinski definition) is 0. The fourth-order valence-electron chi connectivity index (χ4n) is 3.40. The van der Waals surface area contributed by atoms with E-state index in [4.69, 9.17) is 0 Å². The van der Waals surface area contributed by atoms with E-state index in [0.717, 1.165) is 0 Å². The molecule has 0 bridgehead atoms. The van der Waals surface area contributed by atoms with Crippen molar-refractivity contribution in [2.24, 2.45) is 0 Å². The molecule has 0 saturated carbocycles. The number of hydrogen-bond acceptors (Lipinski definition) is 0. The second-order valence-electron chi connectivity index (χ2n) is 10.0. The van der Waals surface area contributed by atoms with E-state index in [-0.39, 0.29) is 0 Å². The highest BCUT2D eigenvalue weighted by Gasteiger charge is 2.16. The van der Waals surface area contributed by atoms with Gasteiger partial charge >= 0.3 is 0 Å². The van der Waals surface area contributed by atoms with E-state index in [1.54, 1.807) is 0 Å². The summed E-state index contributed by atoms with van der Waals surface area (Å²) >= 11 is 0. The summed E-state index contributed by atoms with van der Waals surface area (Å²) < 4.78 is 0. The number of rotatable bonds is 6. The van der Waals surface area contributed by atoms with Crippen LogP contribution in [0.4, 0.5) is 0 Å². The lowest BCUT2D eigenvalue weighted by Crippen LogP contribution is -2.37. The quantitative estimate of drug-likeness (QED) is 0.291. The maximum Gasteiger partial charge on any atom is 0.0776 e. The first-order valence-corrected chi connectivity index (χ1v) is 17.8. The Bertz CT molecular complexity index is 974. The van der Waals surface area contributed by atoms with Crippen molar-refractivity contribution in [2.45, 2.75) is 39.3 Å². The van der Waals surface area contributed by atoms with Crippen LogP contribution in [0.5, 0.6) is 0 Å². The van der Waals surface area contributed by atoms with Crippen molar-refractivity contribution in [3.8, 4) is 0 Å². The maximum absolute atomic E-state index is 2.40. The topological polar surface area (TPSA) is 0 Å². The fraction of sp³-hybridized carbons (Fsp3) is 0.214. The van der Waals surface area contributed by atoms with Gasteiger partial charge in [0.05, 0.1) is 16.1 Å². The van der Waals surface area contributed by atoms with E-state index in [1.165, 1.54) is 32.6 Å². The van der Waals surface area contributed by atoms with Gasteiger partial charge in [-0.25, -0.2) is 0 Å². The van der Waals surface area contributed by atoms with Crippen LogP contribution in [-0.2, 0) is 0 Å². The summed E-state index contributed by atoms with van der Waals surface area (Å²) in [6.07, 6.45) is 8.95. The van der Waals surface area contributed by atoms with E-state index >= 15 is 0 Å². The minimum absolute atomic E-state index is 1.24. The van der Waals surface area contributed by atoms with Gasteiger partial charge in [0.15, 0.2) is 0 Å². The van der Waals surface area contributed by atoms with Crippen molar-refractivity contribution in [3.63, 3.8) is 0 Å². The molecular weight excluding hydrogens is 392 g/mol. The van der Waals surface area contributed by atoms with Crippen LogP contribution in [0.2, 0.25) is 39.3 Å². The fourth-order valence-corrected chi connectivity index (χ4v) is 5.80. The van der Waals surface area contributed by atoms with Gasteiger partial charge in [-0.05, 0) is 22.3 Å². The maximum atomic E-state index is 2.40. The molecule has 0 atom stereocenters. The molecular formula is C28H34Si2.